The predicted molar refractivity (Wildman–Crippen MR) is 161 cm³/mol. The van der Waals surface area contributed by atoms with E-state index in [4.69, 9.17) is 29.7 Å². The van der Waals surface area contributed by atoms with Gasteiger partial charge in [-0.2, -0.15) is 0 Å². The van der Waals surface area contributed by atoms with Gasteiger partial charge in [-0.05, 0) is 55.0 Å². The highest BCUT2D eigenvalue weighted by Gasteiger charge is 2.35. The number of carboxylic acid groups (broad SMARTS) is 1. The Kier molecular flexibility index (Phi) is 13.4. The quantitative estimate of drug-likeness (QED) is 0.189. The second-order valence-corrected chi connectivity index (χ2v) is 10.7. The number of aromatic nitrogens is 1. The second-order valence-electron chi connectivity index (χ2n) is 10.7. The second kappa shape index (κ2) is 17.7. The number of nitrogens with one attached hydrogen (secondary N) is 1. The molecule has 2 aromatic rings. The van der Waals surface area contributed by atoms with Crippen LogP contribution < -0.4 is 15.8 Å². The molecule has 1 aromatic heterocycles. The monoisotopic (exact) mass is 617 g/mol. The molecule has 4 rings (SSSR count). The van der Waals surface area contributed by atoms with Crippen molar-refractivity contribution in [2.24, 2.45) is 5.73 Å². The Morgan fingerprint density at radius 2 is 1.80 bits per heavy atom. The summed E-state index contributed by atoms with van der Waals surface area (Å²) >= 11 is 0. The van der Waals surface area contributed by atoms with E-state index < -0.39 is 17.8 Å². The molecular formula is C31H44FN5O7. The molecule has 2 amide bonds. The number of hydrogen-bond acceptors (Lipinski definition) is 9. The molecule has 13 heteroatoms. The van der Waals surface area contributed by atoms with E-state index in [0.717, 1.165) is 43.7 Å². The number of aliphatic carboxylic acids is 1. The lowest BCUT2D eigenvalue weighted by Crippen LogP contribution is -2.36. The van der Waals surface area contributed by atoms with Crippen molar-refractivity contribution >= 4 is 17.8 Å². The topological polar surface area (TPSA) is 149 Å². The maximum atomic E-state index is 15.0. The smallest absolute Gasteiger partial charge is 0.320 e. The Morgan fingerprint density at radius 1 is 1.05 bits per heavy atom. The van der Waals surface area contributed by atoms with Gasteiger partial charge in [-0.25, -0.2) is 14.2 Å². The minimum absolute atomic E-state index is 0.0279. The lowest BCUT2D eigenvalue weighted by Gasteiger charge is -2.27. The van der Waals surface area contributed by atoms with Crippen LogP contribution in [-0.2, 0) is 31.8 Å². The van der Waals surface area contributed by atoms with E-state index in [0.29, 0.717) is 64.8 Å². The van der Waals surface area contributed by atoms with Crippen molar-refractivity contribution in [3.63, 3.8) is 0 Å². The Bertz CT molecular complexity index is 1220. The van der Waals surface area contributed by atoms with E-state index in [1.54, 1.807) is 11.0 Å². The number of halogens is 1. The molecule has 12 nitrogen and oxygen atoms in total. The third kappa shape index (κ3) is 10.0. The number of carbonyl (C=O) groups is 2. The molecule has 1 aromatic carbocycles. The number of fused-ring (bicyclic) bond motifs is 1. The number of hydrogen-bond donors (Lipinski definition) is 3. The number of urea groups is 1. The van der Waals surface area contributed by atoms with Gasteiger partial charge in [0.15, 0.2) is 11.6 Å². The number of anilines is 1. The zero-order valence-electron chi connectivity index (χ0n) is 25.2. The Labute approximate surface area is 257 Å². The van der Waals surface area contributed by atoms with E-state index in [2.05, 4.69) is 11.4 Å². The molecule has 0 spiro atoms. The van der Waals surface area contributed by atoms with Crippen molar-refractivity contribution in [3.05, 3.63) is 53.0 Å². The molecule has 3 heterocycles. The van der Waals surface area contributed by atoms with Crippen LogP contribution in [0.3, 0.4) is 0 Å². The number of aryl methyl sites for hydroxylation is 2. The number of benzene rings is 1. The number of amides is 2. The summed E-state index contributed by atoms with van der Waals surface area (Å²) in [7, 11) is 0. The minimum atomic E-state index is -1.07. The summed E-state index contributed by atoms with van der Waals surface area (Å²) < 4.78 is 36.5. The highest BCUT2D eigenvalue weighted by molar-refractivity contribution is 5.78. The summed E-state index contributed by atoms with van der Waals surface area (Å²) in [6.07, 6.45) is 3.27. The first-order valence-electron chi connectivity index (χ1n) is 15.3. The lowest BCUT2D eigenvalue weighted by molar-refractivity contribution is -0.138. The van der Waals surface area contributed by atoms with Gasteiger partial charge in [-0.3, -0.25) is 4.79 Å². The standard InChI is InChI=1S/C31H44FN5O7/c32-26-21-24(6-8-28(26)44-20-19-43-18-17-42-16-15-41-14-9-33)27(22-29(38)39)37-13-12-36(31(37)40)11-2-4-25-7-5-23-3-1-10-34-30(23)35-25/h5-8,21,27H,1-4,9-20,22,33H2,(H,34,35)(H,38,39)/t27-/m1/s1. The third-order valence-electron chi connectivity index (χ3n) is 7.52. The molecule has 44 heavy (non-hydrogen) atoms. The maximum Gasteiger partial charge on any atom is 0.320 e. The van der Waals surface area contributed by atoms with Crippen molar-refractivity contribution in [2.45, 2.75) is 38.1 Å². The summed E-state index contributed by atoms with van der Waals surface area (Å²) in [6, 6.07) is 7.43. The summed E-state index contributed by atoms with van der Waals surface area (Å²) in [5.74, 6) is -0.722. The predicted octanol–water partition coefficient (Wildman–Crippen LogP) is 2.85. The largest absolute Gasteiger partial charge is 0.488 e. The molecule has 0 aliphatic carbocycles. The van der Waals surface area contributed by atoms with Crippen LogP contribution in [0.2, 0.25) is 0 Å². The maximum absolute atomic E-state index is 15.0. The molecule has 1 saturated heterocycles. The van der Waals surface area contributed by atoms with Gasteiger partial charge in [0.05, 0.1) is 52.1 Å². The number of pyridine rings is 1. The molecule has 242 valence electrons. The van der Waals surface area contributed by atoms with E-state index in [1.165, 1.54) is 22.6 Å². The Hall–Kier alpha value is -3.52. The number of ether oxygens (including phenoxy) is 4. The normalized spacial score (nSPS) is 15.3. The van der Waals surface area contributed by atoms with E-state index >= 15 is 0 Å². The highest BCUT2D eigenvalue weighted by Crippen LogP contribution is 2.31. The fourth-order valence-electron chi connectivity index (χ4n) is 5.31. The first-order valence-corrected chi connectivity index (χ1v) is 15.3. The zero-order chi connectivity index (χ0) is 31.1. The van der Waals surface area contributed by atoms with Crippen LogP contribution >= 0.6 is 0 Å². The van der Waals surface area contributed by atoms with Crippen LogP contribution in [0.15, 0.2) is 30.3 Å². The van der Waals surface area contributed by atoms with Crippen LogP contribution in [0.5, 0.6) is 5.75 Å². The van der Waals surface area contributed by atoms with Gasteiger partial charge in [-0.15, -0.1) is 0 Å². The van der Waals surface area contributed by atoms with E-state index in [-0.39, 0.29) is 31.4 Å². The average molecular weight is 618 g/mol. The van der Waals surface area contributed by atoms with E-state index in [9.17, 15) is 19.1 Å². The number of nitrogens with zero attached hydrogens (tertiary/aromatic N) is 3. The van der Waals surface area contributed by atoms with Crippen LogP contribution in [0.1, 0.15) is 42.1 Å². The van der Waals surface area contributed by atoms with Crippen LogP contribution in [0, 0.1) is 5.82 Å². The van der Waals surface area contributed by atoms with Crippen molar-refractivity contribution in [1.82, 2.24) is 14.8 Å². The molecule has 2 aliphatic heterocycles. The number of carbonyl (C=O) groups excluding carboxylic acids is 1. The van der Waals surface area contributed by atoms with E-state index in [1.807, 2.05) is 6.07 Å². The van der Waals surface area contributed by atoms with Crippen LogP contribution in [0.4, 0.5) is 15.0 Å². The van der Waals surface area contributed by atoms with Gasteiger partial charge < -0.3 is 44.9 Å². The number of rotatable bonds is 20. The molecule has 1 atom stereocenters. The SMILES string of the molecule is NCCOCCOCCOCCOc1ccc([C@@H](CC(=O)O)N2CCN(CCCc3ccc4c(n3)NCCC4)C2=O)cc1F. The molecule has 0 saturated carbocycles. The molecule has 0 radical (unpaired) electrons. The highest BCUT2D eigenvalue weighted by atomic mass is 19.1. The fraction of sp³-hybridized carbons (Fsp3) is 0.581. The molecule has 2 aliphatic rings. The average Bonchev–Trinajstić information content (AvgIpc) is 3.38. The van der Waals surface area contributed by atoms with Crippen molar-refractivity contribution < 1.29 is 38.0 Å². The number of nitrogens with two attached hydrogens (primary N) is 1. The van der Waals surface area contributed by atoms with Crippen molar-refractivity contribution in [1.29, 1.82) is 0 Å². The van der Waals surface area contributed by atoms with Gasteiger partial charge in [0.25, 0.3) is 0 Å². The first-order chi connectivity index (χ1) is 21.5. The van der Waals surface area contributed by atoms with Gasteiger partial charge in [0, 0.05) is 38.4 Å². The fourth-order valence-corrected chi connectivity index (χ4v) is 5.31. The summed E-state index contributed by atoms with van der Waals surface area (Å²) in [5, 5.41) is 12.9. The molecule has 0 unspecified atom stereocenters. The zero-order valence-corrected chi connectivity index (χ0v) is 25.2. The van der Waals surface area contributed by atoms with Crippen LogP contribution in [-0.4, -0.2) is 111 Å². The van der Waals surface area contributed by atoms with Gasteiger partial charge >= 0.3 is 12.0 Å². The Morgan fingerprint density at radius 3 is 2.52 bits per heavy atom. The summed E-state index contributed by atoms with van der Waals surface area (Å²) in [4.78, 5) is 33.0. The molecule has 0 bridgehead atoms. The molecule has 4 N–H and O–H groups in total. The lowest BCUT2D eigenvalue weighted by atomic mass is 10.0. The van der Waals surface area contributed by atoms with Crippen molar-refractivity contribution in [3.8, 4) is 5.75 Å². The summed E-state index contributed by atoms with van der Waals surface area (Å²) in [5.41, 5.74) is 7.96. The van der Waals surface area contributed by atoms with Gasteiger partial charge in [0.2, 0.25) is 0 Å². The molecular weight excluding hydrogens is 573 g/mol. The number of carboxylic acids is 1. The minimum Gasteiger partial charge on any atom is -0.488 e. The van der Waals surface area contributed by atoms with Crippen LogP contribution in [0.25, 0.3) is 0 Å². The molecule has 1 fully saturated rings. The Balaban J connectivity index is 1.23. The summed E-state index contributed by atoms with van der Waals surface area (Å²) in [6.45, 7) is 5.32. The van der Waals surface area contributed by atoms with Gasteiger partial charge in [-0.1, -0.05) is 12.1 Å². The third-order valence-corrected chi connectivity index (χ3v) is 7.52. The first kappa shape index (κ1) is 33.4. The van der Waals surface area contributed by atoms with Crippen molar-refractivity contribution in [2.75, 3.05) is 84.3 Å². The van der Waals surface area contributed by atoms with Gasteiger partial charge in [0.1, 0.15) is 12.4 Å².